The summed E-state index contributed by atoms with van der Waals surface area (Å²) in [6, 6.07) is 0. The normalized spacial score (nSPS) is 22.2. The van der Waals surface area contributed by atoms with Crippen LogP contribution in [0.4, 0.5) is 0 Å². The maximum Gasteiger partial charge on any atom is 0.404 e. The quantitative estimate of drug-likeness (QED) is 0.468. The Balaban J connectivity index is 2.38. The Hall–Kier alpha value is -1.05. The standard InChI is InChI=1S/C7H7NO/c1-2-4-7-6(3-1)8-5-9-7/h3-5H,1-2H2/q+1. The van der Waals surface area contributed by atoms with Gasteiger partial charge in [0.05, 0.1) is 0 Å². The summed E-state index contributed by atoms with van der Waals surface area (Å²) < 4.78 is 5.06. The van der Waals surface area contributed by atoms with Gasteiger partial charge in [0.1, 0.15) is 4.99 Å². The minimum absolute atomic E-state index is 0.932. The predicted octanol–water partition coefficient (Wildman–Crippen LogP) is 0.942. The van der Waals surface area contributed by atoms with Crippen LogP contribution in [-0.4, -0.2) is 6.40 Å². The molecule has 0 saturated heterocycles. The van der Waals surface area contributed by atoms with Crippen molar-refractivity contribution in [3.63, 3.8) is 0 Å². The Kier molecular flexibility index (Phi) is 0.918. The molecule has 1 heterocycles. The van der Waals surface area contributed by atoms with Gasteiger partial charge >= 0.3 is 12.1 Å². The molecule has 0 bridgehead atoms. The fourth-order valence-corrected chi connectivity index (χ4v) is 1.00. The highest BCUT2D eigenvalue weighted by atomic mass is 16.5. The van der Waals surface area contributed by atoms with Crippen LogP contribution in [0.15, 0.2) is 23.6 Å². The Morgan fingerprint density at radius 2 is 2.22 bits per heavy atom. The number of fused-ring (bicyclic) bond motifs is 1. The Morgan fingerprint density at radius 1 is 1.33 bits per heavy atom. The van der Waals surface area contributed by atoms with Crippen LogP contribution in [0.2, 0.25) is 0 Å². The van der Waals surface area contributed by atoms with Gasteiger partial charge in [0, 0.05) is 0 Å². The van der Waals surface area contributed by atoms with E-state index in [2.05, 4.69) is 17.1 Å². The van der Waals surface area contributed by atoms with Crippen LogP contribution in [-0.2, 0) is 4.74 Å². The smallest absolute Gasteiger partial charge is 0.399 e. The van der Waals surface area contributed by atoms with Crippen LogP contribution < -0.4 is 4.99 Å². The molecule has 0 atom stereocenters. The van der Waals surface area contributed by atoms with E-state index in [0.717, 1.165) is 24.3 Å². The number of rotatable bonds is 0. The van der Waals surface area contributed by atoms with Crippen molar-refractivity contribution in [2.75, 3.05) is 0 Å². The highest BCUT2D eigenvalue weighted by molar-refractivity contribution is 5.57. The highest BCUT2D eigenvalue weighted by Gasteiger charge is 2.24. The molecule has 2 rings (SSSR count). The monoisotopic (exact) mass is 121 g/mol. The van der Waals surface area contributed by atoms with Crippen molar-refractivity contribution in [1.82, 2.24) is 4.99 Å². The van der Waals surface area contributed by atoms with Crippen LogP contribution in [0.1, 0.15) is 12.8 Å². The van der Waals surface area contributed by atoms with E-state index in [1.165, 1.54) is 6.40 Å². The lowest BCUT2D eigenvalue weighted by molar-refractivity contribution is 0.461. The van der Waals surface area contributed by atoms with Gasteiger partial charge in [0.25, 0.3) is 0 Å². The summed E-state index contributed by atoms with van der Waals surface area (Å²) in [6.07, 6.45) is 7.84. The van der Waals surface area contributed by atoms with Crippen molar-refractivity contribution in [2.24, 2.45) is 0 Å². The van der Waals surface area contributed by atoms with E-state index in [0.29, 0.717) is 0 Å². The molecule has 0 aromatic heterocycles. The summed E-state index contributed by atoms with van der Waals surface area (Å²) in [5, 5.41) is 0. The van der Waals surface area contributed by atoms with Gasteiger partial charge in [-0.1, -0.05) is 0 Å². The average Bonchev–Trinajstić information content (AvgIpc) is 2.33. The molecule has 45 valence electrons. The third-order valence-corrected chi connectivity index (χ3v) is 1.46. The number of hydrogen-bond donors (Lipinski definition) is 0. The molecular weight excluding hydrogens is 114 g/mol. The zero-order valence-electron chi connectivity index (χ0n) is 5.00. The zero-order valence-corrected chi connectivity index (χ0v) is 5.00. The molecular formula is C7H7NO+. The largest absolute Gasteiger partial charge is 0.404 e. The van der Waals surface area contributed by atoms with Gasteiger partial charge in [-0.15, -0.1) is 0 Å². The molecule has 0 fully saturated rings. The summed E-state index contributed by atoms with van der Waals surface area (Å²) in [4.78, 5) is 4.00. The van der Waals surface area contributed by atoms with E-state index in [4.69, 9.17) is 4.74 Å². The van der Waals surface area contributed by atoms with Gasteiger partial charge in [-0.05, 0) is 25.0 Å². The van der Waals surface area contributed by atoms with E-state index in [9.17, 15) is 0 Å². The third kappa shape index (κ3) is 0.669. The summed E-state index contributed by atoms with van der Waals surface area (Å²) in [6.45, 7) is 0. The predicted molar refractivity (Wildman–Crippen MR) is 34.7 cm³/mol. The van der Waals surface area contributed by atoms with Gasteiger partial charge in [0.15, 0.2) is 0 Å². The minimum atomic E-state index is 0.932. The summed E-state index contributed by atoms with van der Waals surface area (Å²) in [7, 11) is 0. The lowest BCUT2D eigenvalue weighted by atomic mass is 10.1. The second-order valence-electron chi connectivity index (χ2n) is 2.09. The molecule has 0 aromatic rings. The Bertz CT molecular complexity index is 213. The first kappa shape index (κ1) is 4.79. The molecule has 0 unspecified atom stereocenters. The summed E-state index contributed by atoms with van der Waals surface area (Å²) >= 11 is 0. The number of ether oxygens (including phenoxy) is 1. The van der Waals surface area contributed by atoms with E-state index in [-0.39, 0.29) is 0 Å². The van der Waals surface area contributed by atoms with Crippen LogP contribution in [0, 0.1) is 0 Å². The minimum Gasteiger partial charge on any atom is -0.399 e. The van der Waals surface area contributed by atoms with Gasteiger partial charge < -0.3 is 4.74 Å². The second kappa shape index (κ2) is 1.72. The average molecular weight is 121 g/mol. The van der Waals surface area contributed by atoms with Crippen molar-refractivity contribution in [3.8, 4) is 0 Å². The fraction of sp³-hybridized carbons (Fsp3) is 0.286. The maximum absolute atomic E-state index is 5.06. The Labute approximate surface area is 53.5 Å². The number of hydrogen-bond acceptors (Lipinski definition) is 2. The first-order valence-corrected chi connectivity index (χ1v) is 3.07. The highest BCUT2D eigenvalue weighted by Crippen LogP contribution is 2.18. The molecule has 2 aliphatic rings. The van der Waals surface area contributed by atoms with Gasteiger partial charge in [-0.3, -0.25) is 0 Å². The van der Waals surface area contributed by atoms with Crippen LogP contribution in [0.5, 0.6) is 0 Å². The lowest BCUT2D eigenvalue weighted by Crippen LogP contribution is -1.91. The lowest BCUT2D eigenvalue weighted by Gasteiger charge is -1.95. The van der Waals surface area contributed by atoms with Crippen molar-refractivity contribution in [1.29, 1.82) is 0 Å². The number of nitrogens with zero attached hydrogens (tertiary/aromatic N) is 1. The maximum atomic E-state index is 5.06. The van der Waals surface area contributed by atoms with E-state index < -0.39 is 0 Å². The molecule has 0 saturated carbocycles. The van der Waals surface area contributed by atoms with Crippen LogP contribution in [0.3, 0.4) is 0 Å². The van der Waals surface area contributed by atoms with Gasteiger partial charge in [-0.25, -0.2) is 0 Å². The molecule has 1 radical (unpaired) electrons. The van der Waals surface area contributed by atoms with Crippen molar-refractivity contribution < 1.29 is 4.74 Å². The summed E-state index contributed by atoms with van der Waals surface area (Å²) in [5.41, 5.74) is 1.00. The molecule has 1 aliphatic heterocycles. The molecule has 0 N–H and O–H groups in total. The van der Waals surface area contributed by atoms with Gasteiger partial charge in [0.2, 0.25) is 5.76 Å². The van der Waals surface area contributed by atoms with E-state index >= 15 is 0 Å². The third-order valence-electron chi connectivity index (χ3n) is 1.46. The molecule has 2 heteroatoms. The van der Waals surface area contributed by atoms with E-state index in [1.54, 1.807) is 0 Å². The molecule has 0 amide bonds. The van der Waals surface area contributed by atoms with Gasteiger partial charge in [-0.2, -0.15) is 0 Å². The fourth-order valence-electron chi connectivity index (χ4n) is 1.00. The number of aliphatic imine (C=N–C) groups is 1. The zero-order chi connectivity index (χ0) is 6.10. The molecule has 0 spiro atoms. The van der Waals surface area contributed by atoms with E-state index in [1.807, 2.05) is 0 Å². The van der Waals surface area contributed by atoms with Crippen LogP contribution >= 0.6 is 0 Å². The molecule has 9 heavy (non-hydrogen) atoms. The first-order valence-electron chi connectivity index (χ1n) is 3.07. The van der Waals surface area contributed by atoms with Crippen molar-refractivity contribution in [3.05, 3.63) is 23.6 Å². The number of allylic oxidation sites excluding steroid dienone is 2. The van der Waals surface area contributed by atoms with Crippen LogP contribution in [0.25, 0.3) is 0 Å². The SMILES string of the molecule is C1=[N+]C2=CCCC=C2O1. The van der Waals surface area contributed by atoms with Crippen molar-refractivity contribution >= 4 is 6.40 Å². The second-order valence-corrected chi connectivity index (χ2v) is 2.09. The molecule has 0 aromatic carbocycles. The topological polar surface area (TPSA) is 23.3 Å². The van der Waals surface area contributed by atoms with Crippen molar-refractivity contribution in [2.45, 2.75) is 12.8 Å². The molecule has 2 nitrogen and oxygen atoms in total. The first-order chi connectivity index (χ1) is 4.47. The summed E-state index contributed by atoms with van der Waals surface area (Å²) in [5.74, 6) is 0.932. The molecule has 1 aliphatic carbocycles. The Morgan fingerprint density at radius 3 is 3.11 bits per heavy atom.